The number of nitrogens with zero attached hydrogens (tertiary/aromatic N) is 4. The van der Waals surface area contributed by atoms with Crippen molar-refractivity contribution >= 4 is 23.8 Å². The molecule has 8 heteroatoms. The molecule has 1 aromatic carbocycles. The molecule has 170 valence electrons. The van der Waals surface area contributed by atoms with Crippen LogP contribution < -0.4 is 4.90 Å². The van der Waals surface area contributed by atoms with Gasteiger partial charge in [-0.25, -0.2) is 14.8 Å². The molecule has 1 atom stereocenters. The Morgan fingerprint density at radius 2 is 1.81 bits per heavy atom. The first-order valence-electron chi connectivity index (χ1n) is 11.0. The van der Waals surface area contributed by atoms with Gasteiger partial charge in [-0.15, -0.1) is 0 Å². The van der Waals surface area contributed by atoms with E-state index in [9.17, 15) is 9.59 Å². The molecule has 32 heavy (non-hydrogen) atoms. The largest absolute Gasteiger partial charge is 0.462 e. The molecule has 1 aromatic heterocycles. The van der Waals surface area contributed by atoms with Crippen LogP contribution in [0.1, 0.15) is 35.7 Å². The van der Waals surface area contributed by atoms with E-state index in [1.54, 1.807) is 6.92 Å². The van der Waals surface area contributed by atoms with E-state index in [0.717, 1.165) is 5.56 Å². The van der Waals surface area contributed by atoms with Crippen molar-refractivity contribution in [2.45, 2.75) is 25.8 Å². The summed E-state index contributed by atoms with van der Waals surface area (Å²) in [5.41, 5.74) is 1.37. The molecule has 1 saturated heterocycles. The molecule has 2 aromatic rings. The summed E-state index contributed by atoms with van der Waals surface area (Å²) in [5, 5.41) is 9.13. The van der Waals surface area contributed by atoms with Crippen LogP contribution in [0.5, 0.6) is 0 Å². The summed E-state index contributed by atoms with van der Waals surface area (Å²) in [6.07, 6.45) is 7.71. The third-order valence-corrected chi connectivity index (χ3v) is 5.32. The zero-order valence-electron chi connectivity index (χ0n) is 18.4. The van der Waals surface area contributed by atoms with Crippen molar-refractivity contribution in [1.29, 1.82) is 0 Å². The summed E-state index contributed by atoms with van der Waals surface area (Å²) in [6, 6.07) is 9.56. The molecule has 1 unspecified atom stereocenters. The SMILES string of the molecule is CCOC(=O)c1cnc(N2CCN(C(/C=C/c3ccccc3)C(=O)CCCO)CC2)nc1. The quantitative estimate of drug-likeness (QED) is 0.564. The maximum Gasteiger partial charge on any atom is 0.341 e. The van der Waals surface area contributed by atoms with Crippen LogP contribution in [-0.2, 0) is 9.53 Å². The van der Waals surface area contributed by atoms with Crippen molar-refractivity contribution < 1.29 is 19.4 Å². The minimum Gasteiger partial charge on any atom is -0.462 e. The number of hydrogen-bond acceptors (Lipinski definition) is 8. The number of hydrogen-bond donors (Lipinski definition) is 1. The van der Waals surface area contributed by atoms with Gasteiger partial charge in [0.2, 0.25) is 5.95 Å². The number of benzene rings is 1. The number of aliphatic hydroxyl groups is 1. The smallest absolute Gasteiger partial charge is 0.341 e. The van der Waals surface area contributed by atoms with E-state index >= 15 is 0 Å². The third-order valence-electron chi connectivity index (χ3n) is 5.32. The van der Waals surface area contributed by atoms with Gasteiger partial charge >= 0.3 is 5.97 Å². The molecule has 1 aliphatic rings. The number of esters is 1. The predicted molar refractivity (Wildman–Crippen MR) is 122 cm³/mol. The fourth-order valence-electron chi connectivity index (χ4n) is 3.60. The lowest BCUT2D eigenvalue weighted by atomic mass is 10.0. The third kappa shape index (κ3) is 6.45. The molecule has 3 rings (SSSR count). The number of aromatic nitrogens is 2. The Kier molecular flexibility index (Phi) is 8.89. The highest BCUT2D eigenvalue weighted by molar-refractivity contribution is 5.88. The van der Waals surface area contributed by atoms with Crippen molar-refractivity contribution in [3.05, 3.63) is 59.9 Å². The Morgan fingerprint density at radius 1 is 1.12 bits per heavy atom. The lowest BCUT2D eigenvalue weighted by molar-refractivity contribution is -0.123. The van der Waals surface area contributed by atoms with Gasteiger partial charge in [0, 0.05) is 51.6 Å². The summed E-state index contributed by atoms with van der Waals surface area (Å²) < 4.78 is 4.97. The monoisotopic (exact) mass is 438 g/mol. The maximum absolute atomic E-state index is 12.8. The van der Waals surface area contributed by atoms with Crippen LogP contribution in [0.15, 0.2) is 48.8 Å². The number of Topliss-reactive ketones (excluding diaryl/α,β-unsaturated/α-hetero) is 1. The second-order valence-corrected chi connectivity index (χ2v) is 7.52. The number of anilines is 1. The second kappa shape index (κ2) is 12.1. The summed E-state index contributed by atoms with van der Waals surface area (Å²) in [5.74, 6) is 0.230. The van der Waals surface area contributed by atoms with Gasteiger partial charge in [-0.05, 0) is 18.9 Å². The van der Waals surface area contributed by atoms with Crippen molar-refractivity contribution in [3.8, 4) is 0 Å². The predicted octanol–water partition coefficient (Wildman–Crippen LogP) is 2.20. The van der Waals surface area contributed by atoms with Crippen LogP contribution in [0, 0.1) is 0 Å². The summed E-state index contributed by atoms with van der Waals surface area (Å²) in [4.78, 5) is 37.4. The zero-order valence-corrected chi connectivity index (χ0v) is 18.4. The van der Waals surface area contributed by atoms with Crippen LogP contribution in [0.3, 0.4) is 0 Å². The van der Waals surface area contributed by atoms with E-state index in [0.29, 0.717) is 57.1 Å². The highest BCUT2D eigenvalue weighted by atomic mass is 16.5. The standard InChI is InChI=1S/C24H30N4O4/c1-2-32-23(31)20-17-25-24(26-18-20)28-14-12-27(13-15-28)21(22(30)9-6-16-29)11-10-19-7-4-3-5-8-19/h3-5,7-8,10-11,17-18,21,29H,2,6,9,12-16H2,1H3/b11-10+. The van der Waals surface area contributed by atoms with E-state index in [4.69, 9.17) is 9.84 Å². The first kappa shape index (κ1) is 23.6. The van der Waals surface area contributed by atoms with Crippen LogP contribution in [0.25, 0.3) is 6.08 Å². The average molecular weight is 439 g/mol. The van der Waals surface area contributed by atoms with E-state index in [1.807, 2.05) is 47.4 Å². The fraction of sp³-hybridized carbons (Fsp3) is 0.417. The van der Waals surface area contributed by atoms with Gasteiger partial charge in [-0.2, -0.15) is 0 Å². The van der Waals surface area contributed by atoms with Gasteiger partial charge in [0.15, 0.2) is 5.78 Å². The van der Waals surface area contributed by atoms with Crippen molar-refractivity contribution in [2.24, 2.45) is 0 Å². The number of ketones is 1. The Morgan fingerprint density at radius 3 is 2.44 bits per heavy atom. The van der Waals surface area contributed by atoms with Crippen LogP contribution >= 0.6 is 0 Å². The van der Waals surface area contributed by atoms with Gasteiger partial charge in [-0.3, -0.25) is 9.69 Å². The molecule has 0 amide bonds. The minimum atomic E-state index is -0.432. The molecular weight excluding hydrogens is 408 g/mol. The van der Waals surface area contributed by atoms with Crippen LogP contribution in [0.2, 0.25) is 0 Å². The molecule has 1 aliphatic heterocycles. The molecule has 1 N–H and O–H groups in total. The van der Waals surface area contributed by atoms with Crippen molar-refractivity contribution in [3.63, 3.8) is 0 Å². The van der Waals surface area contributed by atoms with Gasteiger partial charge in [0.1, 0.15) is 0 Å². The second-order valence-electron chi connectivity index (χ2n) is 7.52. The van der Waals surface area contributed by atoms with Crippen molar-refractivity contribution in [2.75, 3.05) is 44.3 Å². The van der Waals surface area contributed by atoms with Gasteiger partial charge in [0.05, 0.1) is 18.2 Å². The number of piperazine rings is 1. The van der Waals surface area contributed by atoms with E-state index in [2.05, 4.69) is 14.9 Å². The Hall–Kier alpha value is -3.10. The molecule has 0 saturated carbocycles. The van der Waals surface area contributed by atoms with E-state index in [-0.39, 0.29) is 18.4 Å². The van der Waals surface area contributed by atoms with Gasteiger partial charge < -0.3 is 14.7 Å². The first-order chi connectivity index (χ1) is 15.6. The Balaban J connectivity index is 1.64. The van der Waals surface area contributed by atoms with Gasteiger partial charge in [0.25, 0.3) is 0 Å². The summed E-state index contributed by atoms with van der Waals surface area (Å²) >= 11 is 0. The van der Waals surface area contributed by atoms with Gasteiger partial charge in [-0.1, -0.05) is 42.5 Å². The van der Waals surface area contributed by atoms with Crippen LogP contribution in [-0.4, -0.2) is 77.2 Å². The zero-order chi connectivity index (χ0) is 22.8. The topological polar surface area (TPSA) is 95.9 Å². The lowest BCUT2D eigenvalue weighted by Crippen LogP contribution is -2.52. The molecule has 1 fully saturated rings. The van der Waals surface area contributed by atoms with E-state index < -0.39 is 5.97 Å². The molecule has 0 radical (unpaired) electrons. The Bertz CT molecular complexity index is 894. The number of carbonyl (C=O) groups is 2. The summed E-state index contributed by atoms with van der Waals surface area (Å²) in [7, 11) is 0. The number of rotatable bonds is 10. The molecule has 0 aliphatic carbocycles. The average Bonchev–Trinajstić information content (AvgIpc) is 2.84. The molecule has 0 bridgehead atoms. The minimum absolute atomic E-state index is 0.00771. The molecule has 8 nitrogen and oxygen atoms in total. The van der Waals surface area contributed by atoms with E-state index in [1.165, 1.54) is 12.4 Å². The first-order valence-corrected chi connectivity index (χ1v) is 11.0. The molecular formula is C24H30N4O4. The molecule has 2 heterocycles. The molecule has 0 spiro atoms. The van der Waals surface area contributed by atoms with Crippen molar-refractivity contribution in [1.82, 2.24) is 14.9 Å². The summed E-state index contributed by atoms with van der Waals surface area (Å²) in [6.45, 7) is 4.76. The maximum atomic E-state index is 12.8. The Labute approximate surface area is 188 Å². The number of carbonyl (C=O) groups excluding carboxylic acids is 2. The number of aliphatic hydroxyl groups excluding tert-OH is 1. The number of ether oxygens (including phenoxy) is 1. The fourth-order valence-corrected chi connectivity index (χ4v) is 3.60. The van der Waals surface area contributed by atoms with Crippen LogP contribution in [0.4, 0.5) is 5.95 Å². The highest BCUT2D eigenvalue weighted by Gasteiger charge is 2.27. The highest BCUT2D eigenvalue weighted by Crippen LogP contribution is 2.16. The lowest BCUT2D eigenvalue weighted by Gasteiger charge is -2.37. The normalized spacial score (nSPS) is 15.6.